The second-order valence-corrected chi connectivity index (χ2v) is 9.38. The molecule has 31 heavy (non-hydrogen) atoms. The lowest BCUT2D eigenvalue weighted by Gasteiger charge is -2.07. The maximum Gasteiger partial charge on any atom is 0.336 e. The molecule has 1 aliphatic rings. The van der Waals surface area contributed by atoms with Gasteiger partial charge < -0.3 is 5.11 Å². The first kappa shape index (κ1) is 19.2. The molecule has 0 aliphatic heterocycles. The van der Waals surface area contributed by atoms with E-state index in [1.165, 1.54) is 46.9 Å². The minimum absolute atomic E-state index is 0.117. The van der Waals surface area contributed by atoms with E-state index >= 15 is 0 Å². The van der Waals surface area contributed by atoms with E-state index < -0.39 is 21.7 Å². The normalized spacial score (nSPS) is 14.3. The number of nitro groups is 2. The number of nitro benzene ring substituents is 2. The third-order valence-corrected chi connectivity index (χ3v) is 7.89. The van der Waals surface area contributed by atoms with Crippen LogP contribution in [0, 0.1) is 20.2 Å². The number of hydrogen-bond donors (Lipinski definition) is 1. The number of fused-ring (bicyclic) bond motifs is 4. The molecule has 5 rings (SSSR count). The molecule has 1 N–H and O–H groups in total. The SMILES string of the molecule is O=C(O)c1cc([N+](=O)[O-])cc2c1-c1ccc([N+](=O)[O-])cc1C2c1sc2ccccc2[s+]1. The summed E-state index contributed by atoms with van der Waals surface area (Å²) in [4.78, 5) is 33.8. The van der Waals surface area contributed by atoms with Gasteiger partial charge in [0.05, 0.1) is 44.0 Å². The van der Waals surface area contributed by atoms with Gasteiger partial charge in [-0.15, -0.1) is 0 Å². The summed E-state index contributed by atoms with van der Waals surface area (Å²) in [5.41, 5.74) is 1.34. The Bertz CT molecular complexity index is 1410. The first-order chi connectivity index (χ1) is 14.8. The quantitative estimate of drug-likeness (QED) is 0.205. The van der Waals surface area contributed by atoms with Crippen molar-refractivity contribution >= 4 is 49.4 Å². The van der Waals surface area contributed by atoms with Gasteiger partial charge in [0.25, 0.3) is 15.6 Å². The van der Waals surface area contributed by atoms with Gasteiger partial charge in [0.1, 0.15) is 0 Å². The molecular weight excluding hydrogens is 440 g/mol. The molecule has 3 aromatic carbocycles. The van der Waals surface area contributed by atoms with Gasteiger partial charge in [-0.3, -0.25) is 20.2 Å². The maximum atomic E-state index is 12.0. The van der Waals surface area contributed by atoms with Crippen molar-refractivity contribution in [3.63, 3.8) is 0 Å². The second-order valence-electron chi connectivity index (χ2n) is 6.95. The van der Waals surface area contributed by atoms with Crippen LogP contribution in [0.1, 0.15) is 31.6 Å². The van der Waals surface area contributed by atoms with Gasteiger partial charge in [0.2, 0.25) is 0 Å². The molecule has 10 heteroatoms. The zero-order valence-corrected chi connectivity index (χ0v) is 17.1. The highest BCUT2D eigenvalue weighted by Crippen LogP contribution is 2.54. The number of nitrogens with zero attached hydrogens (tertiary/aromatic N) is 2. The highest BCUT2D eigenvalue weighted by Gasteiger charge is 2.41. The van der Waals surface area contributed by atoms with E-state index in [9.17, 15) is 30.1 Å². The van der Waals surface area contributed by atoms with E-state index in [0.717, 1.165) is 19.7 Å². The Hall–Kier alpha value is -3.76. The first-order valence-electron chi connectivity index (χ1n) is 9.01. The molecule has 1 aromatic heterocycles. The van der Waals surface area contributed by atoms with Crippen LogP contribution in [-0.2, 0) is 0 Å². The molecule has 4 aromatic rings. The first-order valence-corrected chi connectivity index (χ1v) is 10.6. The number of benzene rings is 3. The molecule has 0 saturated carbocycles. The number of non-ortho nitro benzene ring substituents is 2. The van der Waals surface area contributed by atoms with E-state index in [-0.39, 0.29) is 16.9 Å². The molecular formula is C21H11N2O6S2+. The lowest BCUT2D eigenvalue weighted by Crippen LogP contribution is -2.03. The lowest BCUT2D eigenvalue weighted by atomic mass is 9.96. The van der Waals surface area contributed by atoms with Crippen LogP contribution in [-0.4, -0.2) is 20.9 Å². The van der Waals surface area contributed by atoms with Crippen molar-refractivity contribution in [2.45, 2.75) is 5.92 Å². The number of carboxylic acid groups (broad SMARTS) is 1. The van der Waals surface area contributed by atoms with E-state index in [1.807, 2.05) is 24.3 Å². The van der Waals surface area contributed by atoms with Crippen molar-refractivity contribution in [3.8, 4) is 11.1 Å². The lowest BCUT2D eigenvalue weighted by molar-refractivity contribution is -0.385. The minimum Gasteiger partial charge on any atom is -0.478 e. The average Bonchev–Trinajstić information content (AvgIpc) is 3.30. The Balaban J connectivity index is 1.86. The van der Waals surface area contributed by atoms with Gasteiger partial charge in [0, 0.05) is 29.8 Å². The summed E-state index contributed by atoms with van der Waals surface area (Å²) in [6, 6.07) is 14.5. The van der Waals surface area contributed by atoms with Crippen molar-refractivity contribution in [2.75, 3.05) is 0 Å². The molecule has 0 bridgehead atoms. The molecule has 8 nitrogen and oxygen atoms in total. The van der Waals surface area contributed by atoms with Crippen molar-refractivity contribution in [3.05, 3.63) is 95.7 Å². The zero-order chi connectivity index (χ0) is 21.9. The summed E-state index contributed by atoms with van der Waals surface area (Å²) >= 11 is 2.99. The van der Waals surface area contributed by atoms with Crippen molar-refractivity contribution in [1.82, 2.24) is 0 Å². The monoisotopic (exact) mass is 451 g/mol. The van der Waals surface area contributed by atoms with E-state index in [4.69, 9.17) is 0 Å². The molecule has 0 radical (unpaired) electrons. The summed E-state index contributed by atoms with van der Waals surface area (Å²) in [5.74, 6) is -1.81. The maximum absolute atomic E-state index is 12.0. The third-order valence-electron chi connectivity index (χ3n) is 5.24. The summed E-state index contributed by atoms with van der Waals surface area (Å²) in [5, 5.41) is 32.7. The minimum atomic E-state index is -1.29. The predicted octanol–water partition coefficient (Wildman–Crippen LogP) is 5.92. The summed E-state index contributed by atoms with van der Waals surface area (Å²) in [6.45, 7) is 0. The molecule has 1 aliphatic carbocycles. The van der Waals surface area contributed by atoms with E-state index in [2.05, 4.69) is 0 Å². The van der Waals surface area contributed by atoms with Gasteiger partial charge in [-0.05, 0) is 34.9 Å². The van der Waals surface area contributed by atoms with Crippen LogP contribution < -0.4 is 0 Å². The Labute approximate surface area is 182 Å². The average molecular weight is 451 g/mol. The van der Waals surface area contributed by atoms with Gasteiger partial charge in [-0.25, -0.2) is 4.79 Å². The number of aromatic carboxylic acids is 1. The topological polar surface area (TPSA) is 124 Å². The molecule has 1 atom stereocenters. The third kappa shape index (κ3) is 2.95. The standard InChI is InChI=1S/C21H10N2O6S2/c24-20(25)15-9-11(23(28)29)8-14-18(15)12-6-5-10(22(26)27)7-13(12)19(14)21-30-16-3-1-2-4-17(16)31-21/h1-9,19H/p+1. The fourth-order valence-corrected chi connectivity index (χ4v) is 6.74. The van der Waals surface area contributed by atoms with Crippen LogP contribution in [0.4, 0.5) is 11.4 Å². The summed E-state index contributed by atoms with van der Waals surface area (Å²) in [7, 11) is 0. The zero-order valence-electron chi connectivity index (χ0n) is 15.5. The molecule has 0 amide bonds. The van der Waals surface area contributed by atoms with Gasteiger partial charge >= 0.3 is 5.97 Å². The van der Waals surface area contributed by atoms with Gasteiger partial charge in [-0.2, -0.15) is 0 Å². The Morgan fingerprint density at radius 3 is 2.35 bits per heavy atom. The van der Waals surface area contributed by atoms with Crippen LogP contribution in [0.5, 0.6) is 0 Å². The van der Waals surface area contributed by atoms with Crippen LogP contribution in [0.3, 0.4) is 0 Å². The number of carboxylic acids is 1. The number of hydrogen-bond acceptors (Lipinski definition) is 6. The Morgan fingerprint density at radius 1 is 0.968 bits per heavy atom. The Morgan fingerprint density at radius 2 is 1.68 bits per heavy atom. The molecule has 0 spiro atoms. The molecule has 1 heterocycles. The highest BCUT2D eigenvalue weighted by molar-refractivity contribution is 7.39. The predicted molar refractivity (Wildman–Crippen MR) is 117 cm³/mol. The fraction of sp³-hybridized carbons (Fsp3) is 0.0476. The van der Waals surface area contributed by atoms with E-state index in [1.54, 1.807) is 0 Å². The van der Waals surface area contributed by atoms with Crippen molar-refractivity contribution in [1.29, 1.82) is 0 Å². The van der Waals surface area contributed by atoms with Crippen LogP contribution in [0.25, 0.3) is 20.5 Å². The molecule has 1 unspecified atom stereocenters. The summed E-state index contributed by atoms with van der Waals surface area (Å²) < 4.78 is 2.91. The molecule has 152 valence electrons. The van der Waals surface area contributed by atoms with Crippen molar-refractivity contribution in [2.24, 2.45) is 0 Å². The number of rotatable bonds is 4. The smallest absolute Gasteiger partial charge is 0.336 e. The van der Waals surface area contributed by atoms with Gasteiger partial charge in [-0.1, -0.05) is 12.1 Å². The fourth-order valence-electron chi connectivity index (χ4n) is 3.98. The van der Waals surface area contributed by atoms with E-state index in [0.29, 0.717) is 22.3 Å². The summed E-state index contributed by atoms with van der Waals surface area (Å²) in [6.07, 6.45) is 0. The Kier molecular flexibility index (Phi) is 4.27. The molecule has 0 fully saturated rings. The van der Waals surface area contributed by atoms with Crippen LogP contribution in [0.2, 0.25) is 0 Å². The van der Waals surface area contributed by atoms with Gasteiger partial charge in [0.15, 0.2) is 9.40 Å². The van der Waals surface area contributed by atoms with Crippen molar-refractivity contribution < 1.29 is 19.7 Å². The largest absolute Gasteiger partial charge is 0.478 e. The second kappa shape index (κ2) is 6.89. The van der Waals surface area contributed by atoms with Crippen LogP contribution >= 0.6 is 22.7 Å². The number of carbonyl (C=O) groups is 1. The molecule has 0 saturated heterocycles. The highest BCUT2D eigenvalue weighted by atomic mass is 32.2. The van der Waals surface area contributed by atoms with Crippen LogP contribution in [0.15, 0.2) is 54.6 Å².